The third kappa shape index (κ3) is 4.46. The number of rotatable bonds is 7. The molecular weight excluding hydrogens is 368 g/mol. The minimum Gasteiger partial charge on any atom is -0.325 e. The maximum Gasteiger partial charge on any atom is 0.325 e. The lowest BCUT2D eigenvalue weighted by Crippen LogP contribution is -2.42. The molecule has 3 N–H and O–H groups in total. The van der Waals surface area contributed by atoms with Gasteiger partial charge in [0, 0.05) is 12.2 Å². The third-order valence-electron chi connectivity index (χ3n) is 5.00. The van der Waals surface area contributed by atoms with Crippen LogP contribution >= 0.6 is 0 Å². The number of anilines is 1. The van der Waals surface area contributed by atoms with Gasteiger partial charge in [0.1, 0.15) is 12.1 Å². The van der Waals surface area contributed by atoms with Crippen LogP contribution in [0.25, 0.3) is 0 Å². The number of hydrogen-bond acceptors (Lipinski definition) is 4. The first-order chi connectivity index (χ1) is 13.8. The maximum atomic E-state index is 12.9. The summed E-state index contributed by atoms with van der Waals surface area (Å²) in [6.07, 6.45) is 0. The quantitative estimate of drug-likeness (QED) is 0.630. The van der Waals surface area contributed by atoms with Crippen LogP contribution in [0.5, 0.6) is 0 Å². The zero-order valence-electron chi connectivity index (χ0n) is 16.9. The zero-order valence-corrected chi connectivity index (χ0v) is 16.9. The van der Waals surface area contributed by atoms with E-state index >= 15 is 0 Å². The van der Waals surface area contributed by atoms with Crippen molar-refractivity contribution in [2.45, 2.75) is 32.9 Å². The van der Waals surface area contributed by atoms with E-state index in [4.69, 9.17) is 0 Å². The van der Waals surface area contributed by atoms with Crippen molar-refractivity contribution in [3.8, 4) is 0 Å². The molecule has 0 aliphatic carbocycles. The Hall–Kier alpha value is -3.19. The SMILES string of the molecule is CCNCc1cccc(NC(=O)CN2C(=O)NC(C)(c3ccc(C)cc3)C2=O)c1. The molecule has 0 radical (unpaired) electrons. The van der Waals surface area contributed by atoms with Crippen molar-refractivity contribution in [2.75, 3.05) is 18.4 Å². The molecule has 7 heteroatoms. The van der Waals surface area contributed by atoms with Gasteiger partial charge in [0.25, 0.3) is 5.91 Å². The predicted octanol–water partition coefficient (Wildman–Crippen LogP) is 2.51. The van der Waals surface area contributed by atoms with Crippen molar-refractivity contribution >= 4 is 23.5 Å². The average Bonchev–Trinajstić information content (AvgIpc) is 2.91. The van der Waals surface area contributed by atoms with Crippen molar-refractivity contribution < 1.29 is 14.4 Å². The Bertz CT molecular complexity index is 926. The number of nitrogens with one attached hydrogen (secondary N) is 3. The highest BCUT2D eigenvalue weighted by Gasteiger charge is 2.49. The monoisotopic (exact) mass is 394 g/mol. The molecule has 152 valence electrons. The zero-order chi connectivity index (χ0) is 21.0. The van der Waals surface area contributed by atoms with E-state index in [-0.39, 0.29) is 6.54 Å². The minimum atomic E-state index is -1.18. The molecule has 1 fully saturated rings. The summed E-state index contributed by atoms with van der Waals surface area (Å²) in [6, 6.07) is 14.3. The fraction of sp³-hybridized carbons (Fsp3) is 0.318. The number of nitrogens with zero attached hydrogens (tertiary/aromatic N) is 1. The van der Waals surface area contributed by atoms with Gasteiger partial charge in [-0.3, -0.25) is 14.5 Å². The van der Waals surface area contributed by atoms with Crippen LogP contribution in [-0.4, -0.2) is 35.8 Å². The molecule has 29 heavy (non-hydrogen) atoms. The molecule has 3 rings (SSSR count). The Morgan fingerprint density at radius 3 is 2.55 bits per heavy atom. The fourth-order valence-electron chi connectivity index (χ4n) is 3.30. The Morgan fingerprint density at radius 1 is 1.14 bits per heavy atom. The Kier molecular flexibility index (Phi) is 5.98. The van der Waals surface area contributed by atoms with Gasteiger partial charge >= 0.3 is 6.03 Å². The number of urea groups is 1. The maximum absolute atomic E-state index is 12.9. The van der Waals surface area contributed by atoms with Gasteiger partial charge in [-0.15, -0.1) is 0 Å². The first-order valence-corrected chi connectivity index (χ1v) is 9.64. The molecule has 0 spiro atoms. The molecule has 4 amide bonds. The van der Waals surface area contributed by atoms with E-state index in [1.54, 1.807) is 13.0 Å². The molecular formula is C22H26N4O3. The fourth-order valence-corrected chi connectivity index (χ4v) is 3.30. The summed E-state index contributed by atoms with van der Waals surface area (Å²) in [4.78, 5) is 38.8. The van der Waals surface area contributed by atoms with Gasteiger partial charge in [0.2, 0.25) is 5.91 Å². The Labute approximate surface area is 170 Å². The van der Waals surface area contributed by atoms with Gasteiger partial charge in [-0.25, -0.2) is 4.79 Å². The number of carbonyl (C=O) groups excluding carboxylic acids is 3. The Balaban J connectivity index is 1.68. The van der Waals surface area contributed by atoms with Crippen LogP contribution in [0.1, 0.15) is 30.5 Å². The molecule has 1 aliphatic heterocycles. The van der Waals surface area contributed by atoms with E-state index in [1.807, 2.05) is 56.3 Å². The van der Waals surface area contributed by atoms with E-state index in [0.29, 0.717) is 17.8 Å². The van der Waals surface area contributed by atoms with E-state index in [9.17, 15) is 14.4 Å². The van der Waals surface area contributed by atoms with Crippen LogP contribution < -0.4 is 16.0 Å². The topological polar surface area (TPSA) is 90.5 Å². The summed E-state index contributed by atoms with van der Waals surface area (Å²) in [7, 11) is 0. The Morgan fingerprint density at radius 2 is 1.86 bits per heavy atom. The first-order valence-electron chi connectivity index (χ1n) is 9.64. The van der Waals surface area contributed by atoms with Crippen molar-refractivity contribution in [3.05, 3.63) is 65.2 Å². The molecule has 1 heterocycles. The van der Waals surface area contributed by atoms with Gasteiger partial charge < -0.3 is 16.0 Å². The second kappa shape index (κ2) is 8.45. The molecule has 1 aliphatic rings. The smallest absolute Gasteiger partial charge is 0.325 e. The van der Waals surface area contributed by atoms with E-state index in [2.05, 4.69) is 16.0 Å². The van der Waals surface area contributed by atoms with Crippen LogP contribution in [0.2, 0.25) is 0 Å². The second-order valence-electron chi connectivity index (χ2n) is 7.34. The lowest BCUT2D eigenvalue weighted by Gasteiger charge is -2.22. The largest absolute Gasteiger partial charge is 0.325 e. The molecule has 1 atom stereocenters. The summed E-state index contributed by atoms with van der Waals surface area (Å²) >= 11 is 0. The van der Waals surface area contributed by atoms with Gasteiger partial charge in [-0.2, -0.15) is 0 Å². The molecule has 1 unspecified atom stereocenters. The molecule has 2 aromatic carbocycles. The average molecular weight is 394 g/mol. The first kappa shape index (κ1) is 20.5. The summed E-state index contributed by atoms with van der Waals surface area (Å²) in [5.41, 5.74) is 2.21. The van der Waals surface area contributed by atoms with Crippen LogP contribution in [0.3, 0.4) is 0 Å². The summed E-state index contributed by atoms with van der Waals surface area (Å²) in [6.45, 7) is 6.83. The number of benzene rings is 2. The van der Waals surface area contributed by atoms with Gasteiger partial charge in [0.15, 0.2) is 0 Å². The van der Waals surface area contributed by atoms with Gasteiger partial charge in [-0.1, -0.05) is 48.9 Å². The highest BCUT2D eigenvalue weighted by molar-refractivity contribution is 6.10. The highest BCUT2D eigenvalue weighted by Crippen LogP contribution is 2.29. The molecule has 7 nitrogen and oxygen atoms in total. The summed E-state index contributed by atoms with van der Waals surface area (Å²) < 4.78 is 0. The number of carbonyl (C=O) groups is 3. The normalized spacial score (nSPS) is 18.7. The number of hydrogen-bond donors (Lipinski definition) is 3. The van der Waals surface area contributed by atoms with Gasteiger partial charge in [-0.05, 0) is 43.7 Å². The minimum absolute atomic E-state index is 0.344. The highest BCUT2D eigenvalue weighted by atomic mass is 16.2. The van der Waals surface area contributed by atoms with Crippen LogP contribution in [-0.2, 0) is 21.7 Å². The van der Waals surface area contributed by atoms with Gasteiger partial charge in [0.05, 0.1) is 0 Å². The molecule has 1 saturated heterocycles. The van der Waals surface area contributed by atoms with Crippen molar-refractivity contribution in [3.63, 3.8) is 0 Å². The van der Waals surface area contributed by atoms with Crippen LogP contribution in [0, 0.1) is 6.92 Å². The van der Waals surface area contributed by atoms with E-state index in [0.717, 1.165) is 22.6 Å². The van der Waals surface area contributed by atoms with E-state index in [1.165, 1.54) is 0 Å². The third-order valence-corrected chi connectivity index (χ3v) is 5.00. The molecule has 0 aromatic heterocycles. The second-order valence-corrected chi connectivity index (χ2v) is 7.34. The van der Waals surface area contributed by atoms with Crippen LogP contribution in [0.4, 0.5) is 10.5 Å². The number of amides is 4. The lowest BCUT2D eigenvalue weighted by atomic mass is 9.91. The predicted molar refractivity (Wildman–Crippen MR) is 111 cm³/mol. The molecule has 2 aromatic rings. The van der Waals surface area contributed by atoms with E-state index < -0.39 is 23.4 Å². The molecule has 0 saturated carbocycles. The number of aryl methyl sites for hydroxylation is 1. The standard InChI is InChI=1S/C22H26N4O3/c1-4-23-13-16-6-5-7-18(12-16)24-19(27)14-26-20(28)22(3,25-21(26)29)17-10-8-15(2)9-11-17/h5-12,23H,4,13-14H2,1-3H3,(H,24,27)(H,25,29). The molecule has 0 bridgehead atoms. The van der Waals surface area contributed by atoms with Crippen LogP contribution in [0.15, 0.2) is 48.5 Å². The van der Waals surface area contributed by atoms with Crippen molar-refractivity contribution in [1.82, 2.24) is 15.5 Å². The summed E-state index contributed by atoms with van der Waals surface area (Å²) in [5, 5.41) is 8.70. The van der Waals surface area contributed by atoms with Crippen molar-refractivity contribution in [2.24, 2.45) is 0 Å². The number of imide groups is 1. The summed E-state index contributed by atoms with van der Waals surface area (Å²) in [5.74, 6) is -0.871. The lowest BCUT2D eigenvalue weighted by molar-refractivity contribution is -0.133. The van der Waals surface area contributed by atoms with Crippen molar-refractivity contribution in [1.29, 1.82) is 0 Å².